The van der Waals surface area contributed by atoms with Crippen molar-refractivity contribution in [1.29, 1.82) is 0 Å². The highest BCUT2D eigenvalue weighted by Crippen LogP contribution is 2.09. The van der Waals surface area contributed by atoms with E-state index in [-0.39, 0.29) is 24.9 Å². The molecule has 0 aliphatic carbocycles. The molecule has 3 amide bonds. The minimum absolute atomic E-state index is 0.0512. The highest BCUT2D eigenvalue weighted by molar-refractivity contribution is 5.98. The first kappa shape index (κ1) is 30.1. The number of rotatable bonds is 10. The van der Waals surface area contributed by atoms with E-state index < -0.39 is 29.4 Å². The molecule has 0 bridgehead atoms. The van der Waals surface area contributed by atoms with Gasteiger partial charge < -0.3 is 24.8 Å². The van der Waals surface area contributed by atoms with Gasteiger partial charge in [-0.2, -0.15) is 0 Å². The maximum atomic E-state index is 12.0. The number of ether oxygens (including phenoxy) is 3. The molecule has 190 valence electrons. The molecule has 0 radical (unpaired) electrons. The minimum atomic E-state index is -0.834. The number of esters is 1. The van der Waals surface area contributed by atoms with Gasteiger partial charge in [0, 0.05) is 13.1 Å². The Morgan fingerprint density at radius 1 is 0.788 bits per heavy atom. The number of aliphatic imine (C=N–C) groups is 1. The molecular weight excluding hydrogens is 432 g/mol. The smallest absolute Gasteiger partial charge is 0.437 e. The van der Waals surface area contributed by atoms with Crippen molar-refractivity contribution in [2.75, 3.05) is 19.7 Å². The van der Waals surface area contributed by atoms with Gasteiger partial charge in [0.25, 0.3) is 0 Å². The fourth-order valence-electron chi connectivity index (χ4n) is 2.33. The molecule has 11 nitrogen and oxygen atoms in total. The molecule has 0 saturated carbocycles. The van der Waals surface area contributed by atoms with E-state index in [9.17, 15) is 19.2 Å². The molecular formula is C22H40N4O7. The van der Waals surface area contributed by atoms with Crippen LogP contribution in [0.4, 0.5) is 9.59 Å². The maximum Gasteiger partial charge on any atom is 0.437 e. The predicted molar refractivity (Wildman–Crippen MR) is 124 cm³/mol. The fraction of sp³-hybridized carbons (Fsp3) is 0.773. The number of hydrogen-bond donors (Lipinski definition) is 3. The summed E-state index contributed by atoms with van der Waals surface area (Å²) in [6.45, 7) is 13.2. The average molecular weight is 473 g/mol. The Kier molecular flexibility index (Phi) is 13.8. The molecule has 0 atom stereocenters. The van der Waals surface area contributed by atoms with E-state index in [4.69, 9.17) is 14.2 Å². The number of nitrogens with one attached hydrogen (secondary N) is 3. The average Bonchev–Trinajstić information content (AvgIpc) is 2.60. The van der Waals surface area contributed by atoms with Gasteiger partial charge in [0.2, 0.25) is 11.9 Å². The van der Waals surface area contributed by atoms with Crippen molar-refractivity contribution >= 4 is 30.0 Å². The van der Waals surface area contributed by atoms with E-state index >= 15 is 0 Å². The molecule has 11 heteroatoms. The molecule has 0 aromatic carbocycles. The van der Waals surface area contributed by atoms with Crippen LogP contribution in [0.1, 0.15) is 80.6 Å². The summed E-state index contributed by atoms with van der Waals surface area (Å²) in [5.41, 5.74) is -1.42. The molecule has 0 spiro atoms. The number of carbonyl (C=O) groups is 4. The molecule has 3 N–H and O–H groups in total. The van der Waals surface area contributed by atoms with Crippen LogP contribution < -0.4 is 16.0 Å². The zero-order chi connectivity index (χ0) is 25.5. The second-order valence-corrected chi connectivity index (χ2v) is 9.24. The molecule has 0 saturated heterocycles. The minimum Gasteiger partial charge on any atom is -0.466 e. The lowest BCUT2D eigenvalue weighted by atomic mass is 10.2. The van der Waals surface area contributed by atoms with Crippen molar-refractivity contribution in [3.05, 3.63) is 0 Å². The van der Waals surface area contributed by atoms with Crippen LogP contribution in [0.3, 0.4) is 0 Å². The van der Waals surface area contributed by atoms with E-state index in [0.717, 1.165) is 25.7 Å². The van der Waals surface area contributed by atoms with Gasteiger partial charge in [-0.1, -0.05) is 12.8 Å². The number of alkyl carbamates (subject to hydrolysis) is 1. The Hall–Kier alpha value is -2.85. The topological polar surface area (TPSA) is 144 Å². The van der Waals surface area contributed by atoms with Gasteiger partial charge in [-0.15, -0.1) is 4.99 Å². The van der Waals surface area contributed by atoms with Gasteiger partial charge >= 0.3 is 18.2 Å². The van der Waals surface area contributed by atoms with Crippen molar-refractivity contribution in [3.63, 3.8) is 0 Å². The number of unbranched alkanes of at least 4 members (excludes halogenated alkanes) is 3. The fourth-order valence-corrected chi connectivity index (χ4v) is 2.33. The van der Waals surface area contributed by atoms with Gasteiger partial charge in [-0.05, 0) is 61.3 Å². The molecule has 0 aliphatic rings. The standard InChI is InChI=1S/C22H40N4O7/c1-8-31-17(28)15-16(27)23-13-11-9-10-12-14-24-18(25-19(29)32-21(2,3)4)26-20(30)33-22(5,6)7/h8-15H2,1-7H3,(H,23,27)(H2,24,25,26,29,30). The highest BCUT2D eigenvalue weighted by atomic mass is 16.6. The van der Waals surface area contributed by atoms with Crippen molar-refractivity contribution < 1.29 is 33.4 Å². The normalized spacial score (nSPS) is 11.9. The van der Waals surface area contributed by atoms with Crippen molar-refractivity contribution in [3.8, 4) is 0 Å². The first-order chi connectivity index (χ1) is 15.2. The zero-order valence-electron chi connectivity index (χ0n) is 21.0. The summed E-state index contributed by atoms with van der Waals surface area (Å²) in [7, 11) is 0. The maximum absolute atomic E-state index is 12.0. The van der Waals surface area contributed by atoms with Crippen LogP contribution in [0.2, 0.25) is 0 Å². The van der Waals surface area contributed by atoms with Gasteiger partial charge in [0.05, 0.1) is 6.61 Å². The van der Waals surface area contributed by atoms with Crippen LogP contribution in [-0.2, 0) is 23.8 Å². The third-order valence-electron chi connectivity index (χ3n) is 3.54. The molecule has 0 fully saturated rings. The van der Waals surface area contributed by atoms with E-state index in [1.54, 1.807) is 48.5 Å². The van der Waals surface area contributed by atoms with Gasteiger partial charge in [-0.3, -0.25) is 14.9 Å². The Labute approximate surface area is 196 Å². The van der Waals surface area contributed by atoms with Crippen molar-refractivity contribution in [1.82, 2.24) is 16.0 Å². The zero-order valence-corrected chi connectivity index (χ0v) is 21.0. The highest BCUT2D eigenvalue weighted by Gasteiger charge is 2.20. The van der Waals surface area contributed by atoms with Crippen LogP contribution in [-0.4, -0.2) is 60.9 Å². The Bertz CT molecular complexity index is 679. The quantitative estimate of drug-likeness (QED) is 0.110. The molecule has 0 aromatic heterocycles. The first-order valence-corrected chi connectivity index (χ1v) is 11.2. The summed E-state index contributed by atoms with van der Waals surface area (Å²) in [5, 5.41) is 8.02. The number of amides is 3. The van der Waals surface area contributed by atoms with Crippen LogP contribution in [0, 0.1) is 0 Å². The number of carbonyl (C=O) groups excluding carboxylic acids is 4. The SMILES string of the molecule is CCOC(=O)CC(=O)NCCCCCCN/C(=N/C(=O)OC(C)(C)C)NC(=O)OC(C)(C)C. The Morgan fingerprint density at radius 3 is 1.85 bits per heavy atom. The second-order valence-electron chi connectivity index (χ2n) is 9.24. The van der Waals surface area contributed by atoms with E-state index in [0.29, 0.717) is 13.1 Å². The molecule has 0 heterocycles. The summed E-state index contributed by atoms with van der Waals surface area (Å²) in [6.07, 6.45) is 1.33. The van der Waals surface area contributed by atoms with Crippen LogP contribution in [0.25, 0.3) is 0 Å². The Morgan fingerprint density at radius 2 is 1.33 bits per heavy atom. The Balaban J connectivity index is 4.39. The summed E-state index contributed by atoms with van der Waals surface area (Å²) < 4.78 is 15.1. The van der Waals surface area contributed by atoms with Crippen LogP contribution >= 0.6 is 0 Å². The van der Waals surface area contributed by atoms with Gasteiger partial charge in [0.15, 0.2) is 0 Å². The first-order valence-electron chi connectivity index (χ1n) is 11.2. The lowest BCUT2D eigenvalue weighted by molar-refractivity contribution is -0.145. The summed E-state index contributed by atoms with van der Waals surface area (Å²) in [5.74, 6) is -0.944. The summed E-state index contributed by atoms with van der Waals surface area (Å²) in [4.78, 5) is 50.6. The third-order valence-corrected chi connectivity index (χ3v) is 3.54. The molecule has 0 unspecified atom stereocenters. The third kappa shape index (κ3) is 19.6. The molecule has 0 aromatic rings. The molecule has 33 heavy (non-hydrogen) atoms. The lowest BCUT2D eigenvalue weighted by Gasteiger charge is -2.21. The van der Waals surface area contributed by atoms with Crippen LogP contribution in [0.5, 0.6) is 0 Å². The monoisotopic (exact) mass is 472 g/mol. The summed E-state index contributed by atoms with van der Waals surface area (Å²) in [6, 6.07) is 0. The lowest BCUT2D eigenvalue weighted by Crippen LogP contribution is -2.44. The van der Waals surface area contributed by atoms with Gasteiger partial charge in [-0.25, -0.2) is 9.59 Å². The number of hydrogen-bond acceptors (Lipinski definition) is 7. The van der Waals surface area contributed by atoms with Gasteiger partial charge in [0.1, 0.15) is 17.6 Å². The molecule has 0 rings (SSSR count). The van der Waals surface area contributed by atoms with Crippen LogP contribution in [0.15, 0.2) is 4.99 Å². The van der Waals surface area contributed by atoms with E-state index in [1.165, 1.54) is 0 Å². The largest absolute Gasteiger partial charge is 0.466 e. The summed E-state index contributed by atoms with van der Waals surface area (Å²) >= 11 is 0. The second kappa shape index (κ2) is 15.1. The molecule has 0 aliphatic heterocycles. The van der Waals surface area contributed by atoms with Crippen molar-refractivity contribution in [2.24, 2.45) is 4.99 Å². The predicted octanol–water partition coefficient (Wildman–Crippen LogP) is 3.02. The van der Waals surface area contributed by atoms with Crippen molar-refractivity contribution in [2.45, 2.75) is 91.8 Å². The van der Waals surface area contributed by atoms with E-state index in [1.807, 2.05) is 0 Å². The van der Waals surface area contributed by atoms with E-state index in [2.05, 4.69) is 20.9 Å². The number of nitrogens with zero attached hydrogens (tertiary/aromatic N) is 1. The number of guanidine groups is 1.